The minimum atomic E-state index is -0.117. The maximum atomic E-state index is 12.2. The maximum absolute atomic E-state index is 12.2. The molecule has 1 aromatic carbocycles. The Hall–Kier alpha value is -1.51. The lowest BCUT2D eigenvalue weighted by Crippen LogP contribution is -2.45. The van der Waals surface area contributed by atoms with Crippen LogP contribution in [0.15, 0.2) is 24.3 Å². The first-order chi connectivity index (χ1) is 8.61. The van der Waals surface area contributed by atoms with Crippen molar-refractivity contribution in [1.82, 2.24) is 5.32 Å². The van der Waals surface area contributed by atoms with Crippen molar-refractivity contribution in [2.45, 2.75) is 45.7 Å². The van der Waals surface area contributed by atoms with Crippen LogP contribution >= 0.6 is 0 Å². The van der Waals surface area contributed by atoms with E-state index < -0.39 is 0 Å². The normalized spacial score (nSPS) is 20.7. The first-order valence-corrected chi connectivity index (χ1v) is 6.76. The van der Waals surface area contributed by atoms with Crippen LogP contribution in [0.25, 0.3) is 0 Å². The molecule has 3 nitrogen and oxygen atoms in total. The van der Waals surface area contributed by atoms with Gasteiger partial charge in [0, 0.05) is 18.2 Å². The van der Waals surface area contributed by atoms with Gasteiger partial charge in [0.1, 0.15) is 6.04 Å². The molecule has 3 heteroatoms. The predicted octanol–water partition coefficient (Wildman–Crippen LogP) is 2.57. The second-order valence-electron chi connectivity index (χ2n) is 5.24. The predicted molar refractivity (Wildman–Crippen MR) is 74.6 cm³/mol. The Morgan fingerprint density at radius 3 is 2.83 bits per heavy atom. The molecule has 2 N–H and O–H groups in total. The van der Waals surface area contributed by atoms with Gasteiger partial charge in [-0.3, -0.25) is 4.79 Å². The van der Waals surface area contributed by atoms with Gasteiger partial charge in [0.15, 0.2) is 0 Å². The topological polar surface area (TPSA) is 41.1 Å². The molecule has 0 fully saturated rings. The van der Waals surface area contributed by atoms with Gasteiger partial charge in [0.25, 0.3) is 0 Å². The minimum Gasteiger partial charge on any atom is -0.373 e. The van der Waals surface area contributed by atoms with Gasteiger partial charge >= 0.3 is 0 Å². The molecular formula is C15H22N2O. The van der Waals surface area contributed by atoms with Crippen molar-refractivity contribution in [3.05, 3.63) is 29.8 Å². The van der Waals surface area contributed by atoms with E-state index in [9.17, 15) is 4.79 Å². The standard InChI is InChI=1S/C15H22N2O/c1-4-10(2)11(3)16-15(18)14-9-12-7-5-6-8-13(12)17-14/h5-8,10-11,14,17H,4,9H2,1-3H3,(H,16,18)/t10?,11?,14-/m0/s1. The van der Waals surface area contributed by atoms with Gasteiger partial charge in [0.2, 0.25) is 5.91 Å². The fourth-order valence-electron chi connectivity index (χ4n) is 2.28. The summed E-state index contributed by atoms with van der Waals surface area (Å²) in [6.45, 7) is 6.40. The molecule has 98 valence electrons. The lowest BCUT2D eigenvalue weighted by molar-refractivity contribution is -0.122. The van der Waals surface area contributed by atoms with E-state index in [1.165, 1.54) is 5.56 Å². The van der Waals surface area contributed by atoms with Crippen LogP contribution in [-0.4, -0.2) is 18.0 Å². The molecule has 1 heterocycles. The second kappa shape index (κ2) is 5.42. The Bertz CT molecular complexity index is 405. The Kier molecular flexibility index (Phi) is 3.90. The molecule has 3 atom stereocenters. The van der Waals surface area contributed by atoms with E-state index in [2.05, 4.69) is 37.5 Å². The SMILES string of the molecule is CCC(C)C(C)NC(=O)[C@@H]1Cc2ccccc2N1. The Morgan fingerprint density at radius 1 is 1.44 bits per heavy atom. The molecule has 0 radical (unpaired) electrons. The van der Waals surface area contributed by atoms with E-state index in [1.54, 1.807) is 0 Å². The summed E-state index contributed by atoms with van der Waals surface area (Å²) in [6.07, 6.45) is 1.87. The van der Waals surface area contributed by atoms with E-state index in [0.717, 1.165) is 18.5 Å². The summed E-state index contributed by atoms with van der Waals surface area (Å²) in [5.41, 5.74) is 2.32. The highest BCUT2D eigenvalue weighted by molar-refractivity contribution is 5.87. The number of benzene rings is 1. The smallest absolute Gasteiger partial charge is 0.243 e. The lowest BCUT2D eigenvalue weighted by atomic mass is 10.0. The number of anilines is 1. The monoisotopic (exact) mass is 246 g/mol. The zero-order chi connectivity index (χ0) is 13.1. The number of amides is 1. The second-order valence-corrected chi connectivity index (χ2v) is 5.24. The fraction of sp³-hybridized carbons (Fsp3) is 0.533. The Balaban J connectivity index is 1.93. The average Bonchev–Trinajstić information content (AvgIpc) is 2.81. The van der Waals surface area contributed by atoms with Gasteiger partial charge in [-0.15, -0.1) is 0 Å². The number of carbonyl (C=O) groups is 1. The zero-order valence-electron chi connectivity index (χ0n) is 11.4. The largest absolute Gasteiger partial charge is 0.373 e. The highest BCUT2D eigenvalue weighted by Gasteiger charge is 2.27. The third-order valence-electron chi connectivity index (χ3n) is 3.96. The number of hydrogen-bond acceptors (Lipinski definition) is 2. The minimum absolute atomic E-state index is 0.110. The van der Waals surface area contributed by atoms with Gasteiger partial charge < -0.3 is 10.6 Å². The summed E-state index contributed by atoms with van der Waals surface area (Å²) in [5.74, 6) is 0.622. The Labute approximate surface area is 109 Å². The van der Waals surface area contributed by atoms with E-state index in [4.69, 9.17) is 0 Å². The molecule has 0 spiro atoms. The van der Waals surface area contributed by atoms with E-state index in [-0.39, 0.29) is 18.0 Å². The molecule has 1 amide bonds. The van der Waals surface area contributed by atoms with Crippen molar-refractivity contribution in [2.75, 3.05) is 5.32 Å². The summed E-state index contributed by atoms with van der Waals surface area (Å²) in [5, 5.41) is 6.39. The van der Waals surface area contributed by atoms with Crippen LogP contribution in [0.2, 0.25) is 0 Å². The molecule has 2 unspecified atom stereocenters. The molecule has 1 aliphatic heterocycles. The van der Waals surface area contributed by atoms with Gasteiger partial charge in [-0.05, 0) is 24.5 Å². The van der Waals surface area contributed by atoms with Gasteiger partial charge in [-0.2, -0.15) is 0 Å². The first-order valence-electron chi connectivity index (χ1n) is 6.76. The first kappa shape index (κ1) is 12.9. The van der Waals surface area contributed by atoms with Crippen molar-refractivity contribution >= 4 is 11.6 Å². The summed E-state index contributed by atoms with van der Waals surface area (Å²) in [7, 11) is 0. The molecule has 0 saturated carbocycles. The molecule has 0 saturated heterocycles. The van der Waals surface area contributed by atoms with Crippen LogP contribution in [0.1, 0.15) is 32.8 Å². The Morgan fingerprint density at radius 2 is 2.17 bits per heavy atom. The number of fused-ring (bicyclic) bond motifs is 1. The van der Waals surface area contributed by atoms with Crippen molar-refractivity contribution < 1.29 is 4.79 Å². The molecule has 0 aromatic heterocycles. The van der Waals surface area contributed by atoms with Crippen LogP contribution in [0.4, 0.5) is 5.69 Å². The number of rotatable bonds is 4. The fourth-order valence-corrected chi connectivity index (χ4v) is 2.28. The molecule has 0 bridgehead atoms. The third kappa shape index (κ3) is 2.66. The highest BCUT2D eigenvalue weighted by Crippen LogP contribution is 2.25. The lowest BCUT2D eigenvalue weighted by Gasteiger charge is -2.22. The van der Waals surface area contributed by atoms with Crippen LogP contribution in [0.5, 0.6) is 0 Å². The quantitative estimate of drug-likeness (QED) is 0.857. The van der Waals surface area contributed by atoms with E-state index in [0.29, 0.717) is 5.92 Å². The van der Waals surface area contributed by atoms with Crippen LogP contribution in [0.3, 0.4) is 0 Å². The zero-order valence-corrected chi connectivity index (χ0v) is 11.4. The molecule has 2 rings (SSSR count). The third-order valence-corrected chi connectivity index (χ3v) is 3.96. The van der Waals surface area contributed by atoms with Gasteiger partial charge in [-0.25, -0.2) is 0 Å². The van der Waals surface area contributed by atoms with Crippen molar-refractivity contribution in [2.24, 2.45) is 5.92 Å². The number of nitrogens with one attached hydrogen (secondary N) is 2. The number of para-hydroxylation sites is 1. The summed E-state index contributed by atoms with van der Waals surface area (Å²) in [6, 6.07) is 8.23. The summed E-state index contributed by atoms with van der Waals surface area (Å²) in [4.78, 5) is 12.2. The number of hydrogen-bond donors (Lipinski definition) is 2. The molecule has 18 heavy (non-hydrogen) atoms. The van der Waals surface area contributed by atoms with Crippen molar-refractivity contribution in [1.29, 1.82) is 0 Å². The maximum Gasteiger partial charge on any atom is 0.243 e. The van der Waals surface area contributed by atoms with E-state index in [1.807, 2.05) is 18.2 Å². The molecule has 1 aromatic rings. The van der Waals surface area contributed by atoms with E-state index >= 15 is 0 Å². The summed E-state index contributed by atoms with van der Waals surface area (Å²) >= 11 is 0. The van der Waals surface area contributed by atoms with Crippen molar-refractivity contribution in [3.8, 4) is 0 Å². The molecular weight excluding hydrogens is 224 g/mol. The van der Waals surface area contributed by atoms with Gasteiger partial charge in [0.05, 0.1) is 0 Å². The average molecular weight is 246 g/mol. The number of carbonyl (C=O) groups excluding carboxylic acids is 1. The van der Waals surface area contributed by atoms with Crippen LogP contribution < -0.4 is 10.6 Å². The highest BCUT2D eigenvalue weighted by atomic mass is 16.2. The van der Waals surface area contributed by atoms with Crippen LogP contribution in [0, 0.1) is 5.92 Å². The summed E-state index contributed by atoms with van der Waals surface area (Å²) < 4.78 is 0. The van der Waals surface area contributed by atoms with Crippen LogP contribution in [-0.2, 0) is 11.2 Å². The molecule has 1 aliphatic rings. The molecule has 0 aliphatic carbocycles. The van der Waals surface area contributed by atoms with Crippen molar-refractivity contribution in [3.63, 3.8) is 0 Å². The van der Waals surface area contributed by atoms with Gasteiger partial charge in [-0.1, -0.05) is 38.5 Å².